The van der Waals surface area contributed by atoms with Gasteiger partial charge < -0.3 is 15.8 Å². The minimum Gasteiger partial charge on any atom is -0.324 e. The maximum atomic E-state index is 13.0. The molecule has 0 spiro atoms. The van der Waals surface area contributed by atoms with E-state index in [4.69, 9.17) is 0 Å². The minimum absolute atomic E-state index is 0.177. The van der Waals surface area contributed by atoms with Gasteiger partial charge >= 0.3 is 0 Å². The number of aromatic nitrogens is 3. The zero-order valence-corrected chi connectivity index (χ0v) is 21.5. The Bertz CT molecular complexity index is 1400. The zero-order valence-electron chi connectivity index (χ0n) is 21.5. The van der Waals surface area contributed by atoms with Crippen LogP contribution in [0.4, 0.5) is 17.3 Å². The van der Waals surface area contributed by atoms with Crippen LogP contribution in [0.1, 0.15) is 28.4 Å². The molecular weight excluding hydrogens is 478 g/mol. The van der Waals surface area contributed by atoms with E-state index in [1.807, 2.05) is 67.6 Å². The van der Waals surface area contributed by atoms with Gasteiger partial charge in [-0.1, -0.05) is 18.2 Å². The smallest absolute Gasteiger partial charge is 0.255 e. The fourth-order valence-corrected chi connectivity index (χ4v) is 4.46. The quantitative estimate of drug-likeness (QED) is 0.328. The van der Waals surface area contributed by atoms with Crippen molar-refractivity contribution in [3.05, 3.63) is 95.9 Å². The van der Waals surface area contributed by atoms with E-state index in [9.17, 15) is 10.0 Å². The van der Waals surface area contributed by atoms with Gasteiger partial charge in [0.25, 0.3) is 5.91 Å². The molecule has 1 aliphatic heterocycles. The number of hydrogen-bond acceptors (Lipinski definition) is 8. The van der Waals surface area contributed by atoms with Crippen molar-refractivity contribution in [1.82, 2.24) is 24.9 Å². The third kappa shape index (κ3) is 6.20. The van der Waals surface area contributed by atoms with E-state index in [1.165, 1.54) is 5.06 Å². The number of rotatable bonds is 7. The first-order valence-electron chi connectivity index (χ1n) is 12.6. The highest BCUT2D eigenvalue weighted by atomic mass is 16.5. The minimum atomic E-state index is -0.177. The van der Waals surface area contributed by atoms with Gasteiger partial charge in [-0.15, -0.1) is 0 Å². The topological polar surface area (TPSA) is 107 Å². The number of carbonyl (C=O) groups excluding carboxylic acids is 1. The number of nitrogens with zero attached hydrogens (tertiary/aromatic N) is 5. The van der Waals surface area contributed by atoms with Crippen molar-refractivity contribution in [2.45, 2.75) is 26.4 Å². The van der Waals surface area contributed by atoms with Crippen LogP contribution in [-0.4, -0.2) is 61.7 Å². The van der Waals surface area contributed by atoms with Crippen molar-refractivity contribution >= 4 is 23.2 Å². The third-order valence-electron chi connectivity index (χ3n) is 6.70. The summed E-state index contributed by atoms with van der Waals surface area (Å²) in [4.78, 5) is 28.4. The number of carbonyl (C=O) groups is 1. The number of hydrogen-bond donors (Lipinski definition) is 3. The molecule has 194 valence electrons. The summed E-state index contributed by atoms with van der Waals surface area (Å²) in [5.41, 5.74) is 5.87. The van der Waals surface area contributed by atoms with Crippen LogP contribution in [0.5, 0.6) is 0 Å². The monoisotopic (exact) mass is 509 g/mol. The first kappa shape index (κ1) is 25.5. The molecule has 0 saturated carbocycles. The maximum Gasteiger partial charge on any atom is 0.255 e. The standard InChI is InChI=1S/C29H31N7O2/c1-20-5-10-25(16-27(20)34-29-31-13-11-26(33-29)24-4-3-12-30-17-24)32-28(37)23-8-6-22(7-9-23)19-35-14-15-36(38)18-21(35)2/h3-13,16-17,21,38H,14-15,18-19H2,1-2H3,(H,32,37)(H,31,33,34). The summed E-state index contributed by atoms with van der Waals surface area (Å²) < 4.78 is 0. The lowest BCUT2D eigenvalue weighted by Crippen LogP contribution is -2.50. The average Bonchev–Trinajstić information content (AvgIpc) is 2.93. The lowest BCUT2D eigenvalue weighted by atomic mass is 10.1. The van der Waals surface area contributed by atoms with E-state index >= 15 is 0 Å². The van der Waals surface area contributed by atoms with Crippen LogP contribution in [0.3, 0.4) is 0 Å². The van der Waals surface area contributed by atoms with E-state index in [0.29, 0.717) is 30.3 Å². The molecule has 0 bridgehead atoms. The van der Waals surface area contributed by atoms with Crippen LogP contribution in [0.25, 0.3) is 11.3 Å². The summed E-state index contributed by atoms with van der Waals surface area (Å²) in [5.74, 6) is 0.284. The lowest BCUT2D eigenvalue weighted by molar-refractivity contribution is -0.132. The second-order valence-electron chi connectivity index (χ2n) is 9.55. The Kier molecular flexibility index (Phi) is 7.69. The number of nitrogens with one attached hydrogen (secondary N) is 2. The van der Waals surface area contributed by atoms with Crippen LogP contribution in [0.15, 0.2) is 79.3 Å². The number of pyridine rings is 1. The van der Waals surface area contributed by atoms with Gasteiger partial charge in [0.1, 0.15) is 0 Å². The summed E-state index contributed by atoms with van der Waals surface area (Å²) >= 11 is 0. The van der Waals surface area contributed by atoms with Gasteiger partial charge in [-0.05, 0) is 67.4 Å². The summed E-state index contributed by atoms with van der Waals surface area (Å²) in [7, 11) is 0. The average molecular weight is 510 g/mol. The number of amides is 1. The van der Waals surface area contributed by atoms with Gasteiger partial charge in [-0.3, -0.25) is 14.7 Å². The molecule has 3 heterocycles. The van der Waals surface area contributed by atoms with E-state index in [2.05, 4.69) is 37.4 Å². The second kappa shape index (κ2) is 11.5. The van der Waals surface area contributed by atoms with Gasteiger partial charge in [-0.2, -0.15) is 5.06 Å². The molecule has 1 fully saturated rings. The Hall–Kier alpha value is -4.18. The van der Waals surface area contributed by atoms with Gasteiger partial charge in [-0.25, -0.2) is 9.97 Å². The van der Waals surface area contributed by atoms with Crippen LogP contribution >= 0.6 is 0 Å². The van der Waals surface area contributed by atoms with Gasteiger partial charge in [0.05, 0.1) is 5.69 Å². The summed E-state index contributed by atoms with van der Waals surface area (Å²) in [6, 6.07) is 19.3. The number of hydroxylamine groups is 2. The number of aryl methyl sites for hydroxylation is 1. The SMILES string of the molecule is Cc1ccc(NC(=O)c2ccc(CN3CCN(O)CC3C)cc2)cc1Nc1nccc(-c2cccnc2)n1. The summed E-state index contributed by atoms with van der Waals surface area (Å²) in [6.45, 7) is 6.96. The molecule has 9 heteroatoms. The largest absolute Gasteiger partial charge is 0.324 e. The highest BCUT2D eigenvalue weighted by Crippen LogP contribution is 2.25. The van der Waals surface area contributed by atoms with Crippen molar-refractivity contribution in [3.8, 4) is 11.3 Å². The number of benzene rings is 2. The van der Waals surface area contributed by atoms with Crippen molar-refractivity contribution in [2.75, 3.05) is 30.3 Å². The lowest BCUT2D eigenvalue weighted by Gasteiger charge is -2.37. The Morgan fingerprint density at radius 1 is 1.08 bits per heavy atom. The normalized spacial score (nSPS) is 16.2. The molecule has 2 aromatic carbocycles. The second-order valence-corrected chi connectivity index (χ2v) is 9.55. The summed E-state index contributed by atoms with van der Waals surface area (Å²) in [6.07, 6.45) is 5.19. The first-order chi connectivity index (χ1) is 18.4. The van der Waals surface area contributed by atoms with Crippen LogP contribution in [-0.2, 0) is 6.54 Å². The Balaban J connectivity index is 1.24. The number of anilines is 3. The van der Waals surface area contributed by atoms with Gasteiger partial charge in [0.2, 0.25) is 5.95 Å². The first-order valence-corrected chi connectivity index (χ1v) is 12.6. The van der Waals surface area contributed by atoms with Crippen molar-refractivity contribution in [1.29, 1.82) is 0 Å². The van der Waals surface area contributed by atoms with Crippen LogP contribution < -0.4 is 10.6 Å². The highest BCUT2D eigenvalue weighted by molar-refractivity contribution is 6.04. The molecule has 1 atom stereocenters. The van der Waals surface area contributed by atoms with Gasteiger partial charge in [0.15, 0.2) is 0 Å². The maximum absolute atomic E-state index is 13.0. The molecule has 1 aliphatic rings. The molecule has 1 saturated heterocycles. The third-order valence-corrected chi connectivity index (χ3v) is 6.70. The van der Waals surface area contributed by atoms with E-state index in [1.54, 1.807) is 18.6 Å². The molecule has 5 rings (SSSR count). The molecule has 4 aromatic rings. The van der Waals surface area contributed by atoms with Crippen LogP contribution in [0.2, 0.25) is 0 Å². The molecule has 0 radical (unpaired) electrons. The summed E-state index contributed by atoms with van der Waals surface area (Å²) in [5, 5.41) is 17.3. The van der Waals surface area contributed by atoms with Gasteiger partial charge in [0, 0.05) is 73.3 Å². The van der Waals surface area contributed by atoms with Crippen molar-refractivity contribution in [2.24, 2.45) is 0 Å². The zero-order chi connectivity index (χ0) is 26.5. The van der Waals surface area contributed by atoms with E-state index in [-0.39, 0.29) is 11.9 Å². The molecule has 9 nitrogen and oxygen atoms in total. The molecule has 38 heavy (non-hydrogen) atoms. The Labute approximate surface area is 222 Å². The molecule has 3 N–H and O–H groups in total. The molecule has 1 amide bonds. The van der Waals surface area contributed by atoms with Crippen molar-refractivity contribution < 1.29 is 10.0 Å². The molecular formula is C29H31N7O2. The van der Waals surface area contributed by atoms with E-state index in [0.717, 1.165) is 41.2 Å². The van der Waals surface area contributed by atoms with E-state index < -0.39 is 0 Å². The molecule has 0 aliphatic carbocycles. The highest BCUT2D eigenvalue weighted by Gasteiger charge is 2.22. The Morgan fingerprint density at radius 3 is 2.68 bits per heavy atom. The fraction of sp³-hybridized carbons (Fsp3) is 0.241. The van der Waals surface area contributed by atoms with Crippen LogP contribution in [0, 0.1) is 6.92 Å². The van der Waals surface area contributed by atoms with Crippen molar-refractivity contribution in [3.63, 3.8) is 0 Å². The Morgan fingerprint density at radius 2 is 1.92 bits per heavy atom. The predicted octanol–water partition coefficient (Wildman–Crippen LogP) is 4.74. The molecule has 1 unspecified atom stereocenters. The fourth-order valence-electron chi connectivity index (χ4n) is 4.46. The molecule has 2 aromatic heterocycles. The number of piperazine rings is 1. The predicted molar refractivity (Wildman–Crippen MR) is 147 cm³/mol.